The first kappa shape index (κ1) is 14.6. The molecule has 0 radical (unpaired) electrons. The quantitative estimate of drug-likeness (QED) is 0.522. The van der Waals surface area contributed by atoms with Gasteiger partial charge in [0.15, 0.2) is 0 Å². The van der Waals surface area contributed by atoms with Crippen LogP contribution in [0, 0.1) is 0 Å². The molecule has 2 rings (SSSR count). The highest BCUT2D eigenvalue weighted by atomic mass is 16.5. The molecule has 1 N–H and O–H groups in total. The molecule has 4 heteroatoms. The maximum Gasteiger partial charge on any atom is 0.334 e. The molecule has 0 aliphatic heterocycles. The zero-order chi connectivity index (χ0) is 14.4. The Hall–Kier alpha value is -1.81. The van der Waals surface area contributed by atoms with Gasteiger partial charge in [0.05, 0.1) is 13.2 Å². The molecule has 108 valence electrons. The summed E-state index contributed by atoms with van der Waals surface area (Å²) < 4.78 is 10.4. The fourth-order valence-corrected chi connectivity index (χ4v) is 2.42. The van der Waals surface area contributed by atoms with Gasteiger partial charge in [-0.25, -0.2) is 4.79 Å². The van der Waals surface area contributed by atoms with Gasteiger partial charge in [-0.05, 0) is 25.0 Å². The van der Waals surface area contributed by atoms with Crippen LogP contribution in [0.3, 0.4) is 0 Å². The maximum atomic E-state index is 11.5. The Morgan fingerprint density at radius 2 is 1.85 bits per heavy atom. The van der Waals surface area contributed by atoms with Crippen LogP contribution in [0.5, 0.6) is 5.75 Å². The molecular weight excluding hydrogens is 256 g/mol. The topological polar surface area (TPSA) is 55.8 Å². The Kier molecular flexibility index (Phi) is 4.79. The second-order valence-electron chi connectivity index (χ2n) is 5.04. The second kappa shape index (κ2) is 6.57. The van der Waals surface area contributed by atoms with E-state index in [9.17, 15) is 9.90 Å². The number of hydrogen-bond donors (Lipinski definition) is 1. The van der Waals surface area contributed by atoms with Crippen LogP contribution in [0.4, 0.5) is 0 Å². The third-order valence-electron chi connectivity index (χ3n) is 3.56. The minimum Gasteiger partial charge on any atom is -0.466 e. The molecule has 1 aromatic carbocycles. The van der Waals surface area contributed by atoms with Crippen LogP contribution in [0.2, 0.25) is 0 Å². The zero-order valence-corrected chi connectivity index (χ0v) is 11.7. The number of benzene rings is 1. The van der Waals surface area contributed by atoms with Gasteiger partial charge in [0, 0.05) is 0 Å². The fraction of sp³-hybridized carbons (Fsp3) is 0.438. The van der Waals surface area contributed by atoms with Crippen LogP contribution in [0.15, 0.2) is 42.2 Å². The van der Waals surface area contributed by atoms with Crippen molar-refractivity contribution in [3.8, 4) is 5.75 Å². The lowest BCUT2D eigenvalue weighted by molar-refractivity contribution is -0.135. The molecule has 20 heavy (non-hydrogen) atoms. The molecule has 0 unspecified atom stereocenters. The van der Waals surface area contributed by atoms with Gasteiger partial charge in [0.25, 0.3) is 0 Å². The first-order valence-electron chi connectivity index (χ1n) is 6.89. The fourth-order valence-electron chi connectivity index (χ4n) is 2.42. The average Bonchev–Trinajstić information content (AvgIpc) is 2.48. The van der Waals surface area contributed by atoms with E-state index in [1.807, 2.05) is 18.2 Å². The summed E-state index contributed by atoms with van der Waals surface area (Å²) >= 11 is 0. The molecule has 0 saturated heterocycles. The number of aliphatic hydroxyl groups is 1. The van der Waals surface area contributed by atoms with E-state index in [4.69, 9.17) is 4.74 Å². The molecule has 1 fully saturated rings. The predicted molar refractivity (Wildman–Crippen MR) is 75.2 cm³/mol. The van der Waals surface area contributed by atoms with Gasteiger partial charge in [0.2, 0.25) is 0 Å². The normalized spacial score (nSPS) is 18.4. The van der Waals surface area contributed by atoms with Gasteiger partial charge in [-0.3, -0.25) is 0 Å². The number of hydrogen-bond acceptors (Lipinski definition) is 4. The maximum absolute atomic E-state index is 11.5. The van der Waals surface area contributed by atoms with Crippen LogP contribution >= 0.6 is 0 Å². The molecule has 4 nitrogen and oxygen atoms in total. The van der Waals surface area contributed by atoms with Gasteiger partial charge in [-0.15, -0.1) is 0 Å². The van der Waals surface area contributed by atoms with Crippen LogP contribution < -0.4 is 4.74 Å². The Morgan fingerprint density at radius 1 is 1.20 bits per heavy atom. The number of para-hydroxylation sites is 1. The summed E-state index contributed by atoms with van der Waals surface area (Å²) in [6.45, 7) is 0. The number of esters is 1. The number of rotatable bonds is 4. The standard InChI is InChI=1S/C16H20O4/c1-19-15(17)12-14(16(18)10-6-3-7-11-16)20-13-8-4-2-5-9-13/h2,4-5,8-9,12,18H,3,6-7,10-11H2,1H3/b14-12+. The van der Waals surface area contributed by atoms with Crippen LogP contribution in [-0.2, 0) is 9.53 Å². The Morgan fingerprint density at radius 3 is 2.45 bits per heavy atom. The van der Waals surface area contributed by atoms with E-state index in [2.05, 4.69) is 4.74 Å². The van der Waals surface area contributed by atoms with E-state index >= 15 is 0 Å². The van der Waals surface area contributed by atoms with Crippen LogP contribution in [-0.4, -0.2) is 23.8 Å². The molecular formula is C16H20O4. The highest BCUT2D eigenvalue weighted by Crippen LogP contribution is 2.35. The summed E-state index contributed by atoms with van der Waals surface area (Å²) in [7, 11) is 1.31. The molecule has 1 aliphatic rings. The van der Waals surface area contributed by atoms with E-state index in [-0.39, 0.29) is 5.76 Å². The number of ether oxygens (including phenoxy) is 2. The summed E-state index contributed by atoms with van der Waals surface area (Å²) in [5.74, 6) is 0.354. The Bertz CT molecular complexity index is 473. The molecule has 1 aliphatic carbocycles. The molecule has 0 atom stereocenters. The summed E-state index contributed by atoms with van der Waals surface area (Å²) in [6, 6.07) is 9.15. The number of carbonyl (C=O) groups is 1. The lowest BCUT2D eigenvalue weighted by atomic mass is 9.83. The van der Waals surface area contributed by atoms with Crippen molar-refractivity contribution < 1.29 is 19.4 Å². The zero-order valence-electron chi connectivity index (χ0n) is 11.7. The molecule has 0 heterocycles. The lowest BCUT2D eigenvalue weighted by Crippen LogP contribution is -2.36. The number of methoxy groups -OCH3 is 1. The van der Waals surface area contributed by atoms with Crippen LogP contribution in [0.25, 0.3) is 0 Å². The van der Waals surface area contributed by atoms with E-state index in [0.717, 1.165) is 19.3 Å². The molecule has 1 aromatic rings. The SMILES string of the molecule is COC(=O)/C=C(/Oc1ccccc1)C1(O)CCCCC1. The third-order valence-corrected chi connectivity index (χ3v) is 3.56. The van der Waals surface area contributed by atoms with Gasteiger partial charge in [0.1, 0.15) is 17.1 Å². The van der Waals surface area contributed by atoms with Gasteiger partial charge >= 0.3 is 5.97 Å². The van der Waals surface area contributed by atoms with Crippen molar-refractivity contribution in [2.45, 2.75) is 37.7 Å². The van der Waals surface area contributed by atoms with Crippen LogP contribution in [0.1, 0.15) is 32.1 Å². The molecule has 0 amide bonds. The Labute approximate surface area is 119 Å². The van der Waals surface area contributed by atoms with E-state index in [0.29, 0.717) is 18.6 Å². The minimum atomic E-state index is -1.08. The first-order chi connectivity index (χ1) is 9.64. The van der Waals surface area contributed by atoms with Crippen molar-refractivity contribution >= 4 is 5.97 Å². The highest BCUT2D eigenvalue weighted by Gasteiger charge is 2.36. The highest BCUT2D eigenvalue weighted by molar-refractivity contribution is 5.82. The van der Waals surface area contributed by atoms with Crippen molar-refractivity contribution in [1.82, 2.24) is 0 Å². The van der Waals surface area contributed by atoms with Crippen molar-refractivity contribution in [1.29, 1.82) is 0 Å². The van der Waals surface area contributed by atoms with E-state index in [1.165, 1.54) is 13.2 Å². The molecule has 0 spiro atoms. The molecule has 1 saturated carbocycles. The second-order valence-corrected chi connectivity index (χ2v) is 5.04. The van der Waals surface area contributed by atoms with Crippen molar-refractivity contribution in [2.75, 3.05) is 7.11 Å². The lowest BCUT2D eigenvalue weighted by Gasteiger charge is -2.33. The number of carbonyl (C=O) groups excluding carboxylic acids is 1. The van der Waals surface area contributed by atoms with Gasteiger partial charge in [-0.2, -0.15) is 0 Å². The van der Waals surface area contributed by atoms with E-state index in [1.54, 1.807) is 12.1 Å². The van der Waals surface area contributed by atoms with Crippen molar-refractivity contribution in [2.24, 2.45) is 0 Å². The smallest absolute Gasteiger partial charge is 0.334 e. The first-order valence-corrected chi connectivity index (χ1v) is 6.89. The average molecular weight is 276 g/mol. The summed E-state index contributed by atoms with van der Waals surface area (Å²) in [6.07, 6.45) is 5.39. The predicted octanol–water partition coefficient (Wildman–Crippen LogP) is 2.82. The summed E-state index contributed by atoms with van der Waals surface area (Å²) in [5.41, 5.74) is -1.08. The summed E-state index contributed by atoms with van der Waals surface area (Å²) in [5, 5.41) is 10.7. The minimum absolute atomic E-state index is 0.273. The van der Waals surface area contributed by atoms with E-state index < -0.39 is 11.6 Å². The largest absolute Gasteiger partial charge is 0.466 e. The van der Waals surface area contributed by atoms with Gasteiger partial charge in [-0.1, -0.05) is 37.5 Å². The monoisotopic (exact) mass is 276 g/mol. The molecule has 0 aromatic heterocycles. The Balaban J connectivity index is 2.25. The van der Waals surface area contributed by atoms with Crippen molar-refractivity contribution in [3.05, 3.63) is 42.2 Å². The summed E-state index contributed by atoms with van der Waals surface area (Å²) in [4.78, 5) is 11.5. The van der Waals surface area contributed by atoms with Crippen molar-refractivity contribution in [3.63, 3.8) is 0 Å². The molecule has 0 bridgehead atoms. The van der Waals surface area contributed by atoms with Gasteiger partial charge < -0.3 is 14.6 Å². The third kappa shape index (κ3) is 3.61.